The number of hydrogen-bond donors (Lipinski definition) is 0. The van der Waals surface area contributed by atoms with Gasteiger partial charge in [-0.05, 0) is 50.5 Å². The fraction of sp³-hybridized carbons (Fsp3) is 0.478. The monoisotopic (exact) mass is 461 g/mol. The Morgan fingerprint density at radius 1 is 1.29 bits per heavy atom. The number of rotatable bonds is 6. The lowest BCUT2D eigenvalue weighted by molar-refractivity contribution is -0.0508. The highest BCUT2D eigenvalue weighted by Crippen LogP contribution is 2.48. The number of ether oxygens (including phenoxy) is 3. The minimum Gasteiger partial charge on any atom is -0.492 e. The molecular formula is C23H24ClNO5S. The third-order valence-electron chi connectivity index (χ3n) is 5.64. The molecule has 1 aromatic carbocycles. The number of aromatic nitrogens is 1. The number of halogens is 1. The van der Waals surface area contributed by atoms with Gasteiger partial charge in [0.05, 0.1) is 36.6 Å². The van der Waals surface area contributed by atoms with Crippen LogP contribution in [0, 0.1) is 5.92 Å². The zero-order valence-corrected chi connectivity index (χ0v) is 19.1. The first-order valence-corrected chi connectivity index (χ1v) is 12.0. The maximum Gasteiger partial charge on any atom is 0.344 e. The number of esters is 1. The Labute approximate surface area is 189 Å². The number of benzene rings is 1. The van der Waals surface area contributed by atoms with Crippen LogP contribution < -0.4 is 10.3 Å². The molecule has 5 rings (SSSR count). The van der Waals surface area contributed by atoms with Gasteiger partial charge in [0.25, 0.3) is 5.56 Å². The van der Waals surface area contributed by atoms with Gasteiger partial charge in [-0.25, -0.2) is 4.79 Å². The Morgan fingerprint density at radius 3 is 2.71 bits per heavy atom. The molecule has 3 aliphatic rings. The summed E-state index contributed by atoms with van der Waals surface area (Å²) < 4.78 is 18.2. The molecule has 2 aromatic rings. The number of fused-ring (bicyclic) bond motifs is 3. The fourth-order valence-corrected chi connectivity index (χ4v) is 5.15. The Hall–Kier alpha value is -1.96. The number of carbonyl (C=O) groups excluding carboxylic acids is 1. The van der Waals surface area contributed by atoms with Crippen molar-refractivity contribution in [2.24, 2.45) is 5.92 Å². The lowest BCUT2D eigenvalue weighted by Gasteiger charge is -2.27. The van der Waals surface area contributed by atoms with Gasteiger partial charge in [-0.1, -0.05) is 11.6 Å². The molecule has 31 heavy (non-hydrogen) atoms. The molecule has 1 aromatic heterocycles. The molecule has 0 spiro atoms. The van der Waals surface area contributed by atoms with Crippen molar-refractivity contribution in [2.75, 3.05) is 19.8 Å². The Morgan fingerprint density at radius 2 is 2.06 bits per heavy atom. The van der Waals surface area contributed by atoms with Gasteiger partial charge in [-0.15, -0.1) is 11.8 Å². The normalized spacial score (nSPS) is 17.7. The van der Waals surface area contributed by atoms with E-state index < -0.39 is 5.97 Å². The van der Waals surface area contributed by atoms with Gasteiger partial charge in [-0.2, -0.15) is 0 Å². The third kappa shape index (κ3) is 3.99. The summed E-state index contributed by atoms with van der Waals surface area (Å²) in [4.78, 5) is 26.9. The van der Waals surface area contributed by atoms with Gasteiger partial charge in [0.2, 0.25) is 0 Å². The number of hydrogen-bond acceptors (Lipinski definition) is 6. The molecule has 0 bridgehead atoms. The zero-order chi connectivity index (χ0) is 21.7. The largest absolute Gasteiger partial charge is 0.492 e. The van der Waals surface area contributed by atoms with Crippen molar-refractivity contribution in [3.63, 3.8) is 0 Å². The van der Waals surface area contributed by atoms with E-state index in [0.717, 1.165) is 47.8 Å². The number of thioether (sulfide) groups is 1. The first-order valence-electron chi connectivity index (χ1n) is 10.6. The average molecular weight is 462 g/mol. The summed E-state index contributed by atoms with van der Waals surface area (Å²) in [6, 6.07) is 5.66. The first kappa shape index (κ1) is 20.9. The van der Waals surface area contributed by atoms with Crippen LogP contribution in [0.2, 0.25) is 5.02 Å². The van der Waals surface area contributed by atoms with Crippen LogP contribution >= 0.6 is 23.4 Å². The Bertz CT molecular complexity index is 1100. The summed E-state index contributed by atoms with van der Waals surface area (Å²) >= 11 is 8.23. The highest BCUT2D eigenvalue weighted by Gasteiger charge is 2.34. The molecule has 0 N–H and O–H groups in total. The Balaban J connectivity index is 1.56. The molecule has 0 unspecified atom stereocenters. The minimum atomic E-state index is -0.560. The van der Waals surface area contributed by atoms with E-state index in [4.69, 9.17) is 25.8 Å². The van der Waals surface area contributed by atoms with E-state index in [1.165, 1.54) is 0 Å². The second kappa shape index (κ2) is 8.19. The maximum absolute atomic E-state index is 13.3. The van der Waals surface area contributed by atoms with Crippen molar-refractivity contribution in [3.8, 4) is 17.0 Å². The van der Waals surface area contributed by atoms with Crippen LogP contribution in [0.25, 0.3) is 11.3 Å². The molecule has 1 saturated carbocycles. The quantitative estimate of drug-likeness (QED) is 0.581. The molecule has 164 valence electrons. The fourth-order valence-electron chi connectivity index (χ4n) is 3.90. The van der Waals surface area contributed by atoms with Crippen molar-refractivity contribution in [2.45, 2.75) is 49.5 Å². The summed E-state index contributed by atoms with van der Waals surface area (Å²) in [7, 11) is 0. The zero-order valence-electron chi connectivity index (χ0n) is 17.5. The standard InChI is InChI=1S/C23H24ClNO5S/c1-12(2)30-23(27)17-5-14-11-31-20-7-19(29-10-13-8-28-9-13)18(24)6-16(20)21(14)25(22(17)26)15-3-4-15/h5-7,12-13,15H,3-4,8-11H2,1-2H3. The molecule has 0 amide bonds. The lowest BCUT2D eigenvalue weighted by Crippen LogP contribution is -2.32. The molecular weight excluding hydrogens is 438 g/mol. The van der Waals surface area contributed by atoms with Crippen molar-refractivity contribution < 1.29 is 19.0 Å². The van der Waals surface area contributed by atoms with Crippen LogP contribution in [-0.4, -0.2) is 36.5 Å². The topological polar surface area (TPSA) is 66.8 Å². The smallest absolute Gasteiger partial charge is 0.344 e. The predicted octanol–water partition coefficient (Wildman–Crippen LogP) is 4.70. The molecule has 2 aliphatic heterocycles. The first-order chi connectivity index (χ1) is 14.9. The SMILES string of the molecule is CC(C)OC(=O)c1cc2c(n(C3CC3)c1=O)-c1cc(Cl)c(OCC3COC3)cc1SC2. The van der Waals surface area contributed by atoms with E-state index in [2.05, 4.69) is 0 Å². The van der Waals surface area contributed by atoms with Crippen LogP contribution in [0.1, 0.15) is 48.7 Å². The molecule has 0 atom stereocenters. The molecule has 1 saturated heterocycles. The lowest BCUT2D eigenvalue weighted by atomic mass is 10.0. The van der Waals surface area contributed by atoms with Gasteiger partial charge in [0.15, 0.2) is 0 Å². The maximum atomic E-state index is 13.3. The van der Waals surface area contributed by atoms with Gasteiger partial charge >= 0.3 is 5.97 Å². The van der Waals surface area contributed by atoms with Gasteiger partial charge < -0.3 is 18.8 Å². The summed E-state index contributed by atoms with van der Waals surface area (Å²) in [6.07, 6.45) is 1.57. The van der Waals surface area contributed by atoms with Gasteiger partial charge in [-0.3, -0.25) is 4.79 Å². The van der Waals surface area contributed by atoms with Crippen molar-refractivity contribution in [1.29, 1.82) is 0 Å². The van der Waals surface area contributed by atoms with Crippen LogP contribution in [0.3, 0.4) is 0 Å². The summed E-state index contributed by atoms with van der Waals surface area (Å²) in [6.45, 7) is 5.58. The van der Waals surface area contributed by atoms with E-state index in [1.54, 1.807) is 36.2 Å². The van der Waals surface area contributed by atoms with Crippen molar-refractivity contribution in [1.82, 2.24) is 4.57 Å². The molecule has 2 fully saturated rings. The summed E-state index contributed by atoms with van der Waals surface area (Å²) in [5.74, 6) is 1.16. The van der Waals surface area contributed by atoms with E-state index >= 15 is 0 Å². The highest BCUT2D eigenvalue weighted by molar-refractivity contribution is 7.98. The van der Waals surface area contributed by atoms with Gasteiger partial charge in [0.1, 0.15) is 11.3 Å². The van der Waals surface area contributed by atoms with E-state index in [9.17, 15) is 9.59 Å². The summed E-state index contributed by atoms with van der Waals surface area (Å²) in [5, 5.41) is 0.519. The van der Waals surface area contributed by atoms with Crippen molar-refractivity contribution >= 4 is 29.3 Å². The predicted molar refractivity (Wildman–Crippen MR) is 119 cm³/mol. The third-order valence-corrected chi connectivity index (χ3v) is 7.04. The molecule has 0 radical (unpaired) electrons. The average Bonchev–Trinajstić information content (AvgIpc) is 3.51. The van der Waals surface area contributed by atoms with E-state index in [1.807, 2.05) is 12.1 Å². The number of nitrogens with zero attached hydrogens (tertiary/aromatic N) is 1. The van der Waals surface area contributed by atoms with Crippen LogP contribution in [-0.2, 0) is 15.2 Å². The minimum absolute atomic E-state index is 0.108. The molecule has 6 nitrogen and oxygen atoms in total. The second-order valence-corrected chi connectivity index (χ2v) is 10.00. The molecule has 8 heteroatoms. The van der Waals surface area contributed by atoms with Crippen LogP contribution in [0.15, 0.2) is 27.9 Å². The number of carbonyl (C=O) groups is 1. The highest BCUT2D eigenvalue weighted by atomic mass is 35.5. The summed E-state index contributed by atoms with van der Waals surface area (Å²) in [5.41, 5.74) is 2.56. The van der Waals surface area contributed by atoms with E-state index in [-0.39, 0.29) is 23.3 Å². The molecule has 3 heterocycles. The second-order valence-electron chi connectivity index (χ2n) is 8.57. The van der Waals surface area contributed by atoms with Crippen molar-refractivity contribution in [3.05, 3.63) is 44.7 Å². The molecule has 1 aliphatic carbocycles. The van der Waals surface area contributed by atoms with Crippen LogP contribution in [0.5, 0.6) is 5.75 Å². The number of pyridine rings is 1. The van der Waals surface area contributed by atoms with Crippen LogP contribution in [0.4, 0.5) is 0 Å². The Kier molecular flexibility index (Phi) is 5.52. The van der Waals surface area contributed by atoms with Gasteiger partial charge in [0, 0.05) is 28.2 Å². The van der Waals surface area contributed by atoms with E-state index in [0.29, 0.717) is 29.0 Å².